The molecule has 0 aliphatic carbocycles. The summed E-state index contributed by atoms with van der Waals surface area (Å²) >= 11 is 2.46. The van der Waals surface area contributed by atoms with Gasteiger partial charge in [0, 0.05) is 17.3 Å². The van der Waals surface area contributed by atoms with Crippen LogP contribution in [0.5, 0.6) is 11.5 Å². The Labute approximate surface area is 174 Å². The van der Waals surface area contributed by atoms with Gasteiger partial charge in [0.2, 0.25) is 11.0 Å². The smallest absolute Gasteiger partial charge is 0.257 e. The molecule has 1 aliphatic rings. The molecule has 4 rings (SSSR count). The summed E-state index contributed by atoms with van der Waals surface area (Å²) in [5, 5.41) is 13.8. The molecule has 0 bridgehead atoms. The Bertz CT molecular complexity index is 1030. The first-order valence-corrected chi connectivity index (χ1v) is 10.5. The molecule has 1 aliphatic heterocycles. The Morgan fingerprint density at radius 1 is 1.00 bits per heavy atom. The first kappa shape index (κ1) is 19.2. The van der Waals surface area contributed by atoms with Crippen LogP contribution < -0.4 is 20.1 Å². The van der Waals surface area contributed by atoms with Gasteiger partial charge in [0.15, 0.2) is 15.8 Å². The highest BCUT2D eigenvalue weighted by Gasteiger charge is 2.14. The third-order valence-electron chi connectivity index (χ3n) is 3.82. The van der Waals surface area contributed by atoms with E-state index in [0.717, 1.165) is 0 Å². The van der Waals surface area contributed by atoms with Gasteiger partial charge >= 0.3 is 0 Å². The van der Waals surface area contributed by atoms with E-state index >= 15 is 0 Å². The second-order valence-electron chi connectivity index (χ2n) is 5.89. The number of nitrogens with zero attached hydrogens (tertiary/aromatic N) is 2. The lowest BCUT2D eigenvalue weighted by Crippen LogP contribution is -2.17. The number of ether oxygens (including phenoxy) is 2. The van der Waals surface area contributed by atoms with Gasteiger partial charge in [0.05, 0.1) is 5.75 Å². The lowest BCUT2D eigenvalue weighted by Gasteiger charge is -2.18. The number of aromatic nitrogens is 2. The van der Waals surface area contributed by atoms with Crippen LogP contribution in [0.3, 0.4) is 0 Å². The van der Waals surface area contributed by atoms with Crippen molar-refractivity contribution in [1.29, 1.82) is 0 Å². The Hall–Kier alpha value is -3.11. The molecule has 2 heterocycles. The molecule has 2 N–H and O–H groups in total. The van der Waals surface area contributed by atoms with Gasteiger partial charge in [0.1, 0.15) is 13.2 Å². The summed E-state index contributed by atoms with van der Waals surface area (Å²) in [5.41, 5.74) is 1.17. The number of nitrogens with one attached hydrogen (secondary N) is 2. The van der Waals surface area contributed by atoms with E-state index < -0.39 is 0 Å². The van der Waals surface area contributed by atoms with Crippen molar-refractivity contribution < 1.29 is 19.1 Å². The molecule has 0 fully saturated rings. The molecule has 0 atom stereocenters. The van der Waals surface area contributed by atoms with E-state index in [9.17, 15) is 9.59 Å². The maximum atomic E-state index is 12.2. The van der Waals surface area contributed by atoms with Crippen molar-refractivity contribution in [3.63, 3.8) is 0 Å². The molecule has 8 nitrogen and oxygen atoms in total. The summed E-state index contributed by atoms with van der Waals surface area (Å²) in [6.07, 6.45) is 0. The fourth-order valence-corrected chi connectivity index (χ4v) is 4.07. The van der Waals surface area contributed by atoms with Gasteiger partial charge in [-0.1, -0.05) is 41.3 Å². The lowest BCUT2D eigenvalue weighted by atomic mass is 10.2. The highest BCUT2D eigenvalue weighted by molar-refractivity contribution is 8.01. The number of hydrogen-bond acceptors (Lipinski definition) is 8. The van der Waals surface area contributed by atoms with Crippen LogP contribution in [-0.2, 0) is 4.79 Å². The largest absolute Gasteiger partial charge is 0.486 e. The average molecular weight is 428 g/mol. The van der Waals surface area contributed by atoms with Crippen LogP contribution in [0, 0.1) is 0 Å². The Kier molecular flexibility index (Phi) is 5.92. The topological polar surface area (TPSA) is 102 Å². The van der Waals surface area contributed by atoms with Crippen molar-refractivity contribution in [3.8, 4) is 11.5 Å². The van der Waals surface area contributed by atoms with Crippen LogP contribution in [0.2, 0.25) is 0 Å². The Balaban J connectivity index is 1.28. The fraction of sp³-hybridized carbons (Fsp3) is 0.158. The molecular formula is C19H16N4O4S2. The third-order valence-corrected chi connectivity index (χ3v) is 5.79. The minimum atomic E-state index is -0.255. The zero-order chi connectivity index (χ0) is 20.1. The first-order valence-electron chi connectivity index (χ1n) is 8.69. The van der Waals surface area contributed by atoms with Crippen molar-refractivity contribution in [2.24, 2.45) is 0 Å². The molecule has 0 radical (unpaired) electrons. The summed E-state index contributed by atoms with van der Waals surface area (Å²) in [7, 11) is 0. The predicted molar refractivity (Wildman–Crippen MR) is 111 cm³/mol. The highest BCUT2D eigenvalue weighted by Crippen LogP contribution is 2.33. The van der Waals surface area contributed by atoms with Crippen LogP contribution in [0.4, 0.5) is 10.8 Å². The minimum Gasteiger partial charge on any atom is -0.486 e. The Morgan fingerprint density at radius 3 is 2.62 bits per heavy atom. The van der Waals surface area contributed by atoms with Gasteiger partial charge < -0.3 is 14.8 Å². The third kappa shape index (κ3) is 5.04. The SMILES string of the molecule is O=C(CSc1nnc(NC(=O)c2ccccc2)s1)Nc1ccc2c(c1)OCCO2. The molecule has 2 amide bonds. The van der Waals surface area contributed by atoms with Crippen LogP contribution in [0.15, 0.2) is 52.9 Å². The Morgan fingerprint density at radius 2 is 1.79 bits per heavy atom. The van der Waals surface area contributed by atoms with Crippen LogP contribution in [-0.4, -0.2) is 41.0 Å². The maximum absolute atomic E-state index is 12.2. The van der Waals surface area contributed by atoms with Gasteiger partial charge in [0.25, 0.3) is 5.91 Å². The van der Waals surface area contributed by atoms with E-state index in [1.807, 2.05) is 6.07 Å². The van der Waals surface area contributed by atoms with Gasteiger partial charge in [-0.25, -0.2) is 0 Å². The molecular weight excluding hydrogens is 412 g/mol. The first-order chi connectivity index (χ1) is 14.2. The number of rotatable bonds is 6. The normalized spacial score (nSPS) is 12.3. The van der Waals surface area contributed by atoms with Crippen LogP contribution >= 0.6 is 23.1 Å². The van der Waals surface area contributed by atoms with E-state index in [1.54, 1.807) is 42.5 Å². The second-order valence-corrected chi connectivity index (χ2v) is 8.09. The highest BCUT2D eigenvalue weighted by atomic mass is 32.2. The molecule has 148 valence electrons. The van der Waals surface area contributed by atoms with E-state index in [0.29, 0.717) is 45.4 Å². The predicted octanol–water partition coefficient (Wildman–Crippen LogP) is 3.29. The average Bonchev–Trinajstić information content (AvgIpc) is 3.20. The van der Waals surface area contributed by atoms with Gasteiger partial charge in [-0.2, -0.15) is 0 Å². The molecule has 2 aromatic carbocycles. The molecule has 0 saturated heterocycles. The summed E-state index contributed by atoms with van der Waals surface area (Å²) in [6.45, 7) is 1.01. The zero-order valence-electron chi connectivity index (χ0n) is 15.1. The molecule has 0 spiro atoms. The summed E-state index contributed by atoms with van der Waals surface area (Å²) in [6, 6.07) is 14.1. The number of carbonyl (C=O) groups is 2. The van der Waals surface area contributed by atoms with Gasteiger partial charge in [-0.15, -0.1) is 10.2 Å². The molecule has 0 unspecified atom stereocenters. The van der Waals surface area contributed by atoms with Crippen molar-refractivity contribution >= 4 is 45.7 Å². The van der Waals surface area contributed by atoms with Gasteiger partial charge in [-0.05, 0) is 24.3 Å². The fourth-order valence-electron chi connectivity index (χ4n) is 2.52. The van der Waals surface area contributed by atoms with Crippen molar-refractivity contribution in [2.75, 3.05) is 29.6 Å². The maximum Gasteiger partial charge on any atom is 0.257 e. The second kappa shape index (κ2) is 8.93. The number of anilines is 2. The number of hydrogen-bond donors (Lipinski definition) is 2. The lowest BCUT2D eigenvalue weighted by molar-refractivity contribution is -0.113. The number of thioether (sulfide) groups is 1. The van der Waals surface area contributed by atoms with Crippen molar-refractivity contribution in [3.05, 3.63) is 54.1 Å². The molecule has 3 aromatic rings. The van der Waals surface area contributed by atoms with Crippen LogP contribution in [0.25, 0.3) is 0 Å². The number of amides is 2. The monoisotopic (exact) mass is 428 g/mol. The van der Waals surface area contributed by atoms with E-state index in [4.69, 9.17) is 9.47 Å². The van der Waals surface area contributed by atoms with Crippen LogP contribution in [0.1, 0.15) is 10.4 Å². The van der Waals surface area contributed by atoms with E-state index in [-0.39, 0.29) is 17.6 Å². The standard InChI is InChI=1S/C19H16N4O4S2/c24-16(20-13-6-7-14-15(10-13)27-9-8-26-14)11-28-19-23-22-18(29-19)21-17(25)12-4-2-1-3-5-12/h1-7,10H,8-9,11H2,(H,20,24)(H,21,22,25). The number of fused-ring (bicyclic) bond motifs is 1. The summed E-state index contributed by atoms with van der Waals surface area (Å²) in [5.74, 6) is 1.01. The quantitative estimate of drug-likeness (QED) is 0.459. The molecule has 0 saturated carbocycles. The molecule has 1 aromatic heterocycles. The van der Waals surface area contributed by atoms with E-state index in [1.165, 1.54) is 23.1 Å². The van der Waals surface area contributed by atoms with E-state index in [2.05, 4.69) is 20.8 Å². The molecule has 10 heteroatoms. The number of carbonyl (C=O) groups excluding carboxylic acids is 2. The minimum absolute atomic E-state index is 0.162. The molecule has 29 heavy (non-hydrogen) atoms. The summed E-state index contributed by atoms with van der Waals surface area (Å²) < 4.78 is 11.6. The van der Waals surface area contributed by atoms with Crippen molar-refractivity contribution in [1.82, 2.24) is 10.2 Å². The van der Waals surface area contributed by atoms with Gasteiger partial charge in [-0.3, -0.25) is 14.9 Å². The zero-order valence-corrected chi connectivity index (χ0v) is 16.7. The van der Waals surface area contributed by atoms with Crippen molar-refractivity contribution in [2.45, 2.75) is 4.34 Å². The summed E-state index contributed by atoms with van der Waals surface area (Å²) in [4.78, 5) is 24.3. The number of benzene rings is 2.